The number of likely N-dealkylation sites (tertiary alicyclic amines) is 1. The second-order valence-electron chi connectivity index (χ2n) is 7.13. The topological polar surface area (TPSA) is 66.4 Å². The maximum Gasteiger partial charge on any atom is 0.133 e. The first kappa shape index (κ1) is 17.6. The van der Waals surface area contributed by atoms with Gasteiger partial charge in [0.25, 0.3) is 0 Å². The predicted molar refractivity (Wildman–Crippen MR) is 104 cm³/mol. The minimum atomic E-state index is 0.467. The van der Waals surface area contributed by atoms with Crippen LogP contribution in [0, 0.1) is 0 Å². The van der Waals surface area contributed by atoms with Gasteiger partial charge in [-0.15, -0.1) is 11.3 Å². The molecule has 2 aliphatic heterocycles. The number of anilines is 2. The van der Waals surface area contributed by atoms with Gasteiger partial charge in [0.05, 0.1) is 30.3 Å². The molecule has 0 atom stereocenters. The van der Waals surface area contributed by atoms with E-state index >= 15 is 0 Å². The van der Waals surface area contributed by atoms with Gasteiger partial charge in [-0.25, -0.2) is 15.0 Å². The quantitative estimate of drug-likeness (QED) is 0.860. The van der Waals surface area contributed by atoms with Crippen LogP contribution in [0.5, 0.6) is 0 Å². The Morgan fingerprint density at radius 2 is 2.15 bits per heavy atom. The molecule has 0 radical (unpaired) electrons. The molecule has 1 saturated heterocycles. The van der Waals surface area contributed by atoms with Crippen LogP contribution in [-0.2, 0) is 24.3 Å². The van der Waals surface area contributed by atoms with Crippen LogP contribution >= 0.6 is 11.3 Å². The molecule has 1 fully saturated rings. The minimum Gasteiger partial charge on any atom is -0.375 e. The first-order valence-electron chi connectivity index (χ1n) is 9.21. The van der Waals surface area contributed by atoms with Gasteiger partial charge < -0.3 is 15.0 Å². The summed E-state index contributed by atoms with van der Waals surface area (Å²) in [6.07, 6.45) is 4.83. The van der Waals surface area contributed by atoms with Crippen LogP contribution in [0.3, 0.4) is 0 Å². The zero-order valence-electron chi connectivity index (χ0n) is 15.4. The summed E-state index contributed by atoms with van der Waals surface area (Å²) in [7, 11) is 3.99. The van der Waals surface area contributed by atoms with Gasteiger partial charge in [-0.05, 0) is 12.8 Å². The maximum atomic E-state index is 5.53. The third-order valence-electron chi connectivity index (χ3n) is 4.95. The molecule has 140 valence electrons. The Bertz CT molecular complexity index is 718. The normalized spacial score (nSPS) is 18.5. The summed E-state index contributed by atoms with van der Waals surface area (Å²) < 4.78 is 5.53. The molecule has 7 nitrogen and oxygen atoms in total. The number of hydrogen-bond donors (Lipinski definition) is 1. The molecule has 0 spiro atoms. The molecule has 8 heteroatoms. The van der Waals surface area contributed by atoms with Crippen molar-refractivity contribution in [2.75, 3.05) is 44.0 Å². The molecular weight excluding hydrogens is 348 g/mol. The van der Waals surface area contributed by atoms with Crippen LogP contribution in [0.25, 0.3) is 0 Å². The van der Waals surface area contributed by atoms with Crippen molar-refractivity contribution in [2.24, 2.45) is 0 Å². The summed E-state index contributed by atoms with van der Waals surface area (Å²) in [6.45, 7) is 4.69. The second kappa shape index (κ2) is 7.85. The highest BCUT2D eigenvalue weighted by molar-refractivity contribution is 7.11. The Kier molecular flexibility index (Phi) is 5.33. The van der Waals surface area contributed by atoms with Crippen molar-refractivity contribution in [1.82, 2.24) is 19.9 Å². The third-order valence-corrected chi connectivity index (χ3v) is 6.00. The Balaban J connectivity index is 1.29. The lowest BCUT2D eigenvalue weighted by Gasteiger charge is -2.32. The van der Waals surface area contributed by atoms with E-state index in [1.165, 1.54) is 15.6 Å². The first-order chi connectivity index (χ1) is 12.7. The predicted octanol–water partition coefficient (Wildman–Crippen LogP) is 2.15. The van der Waals surface area contributed by atoms with Crippen LogP contribution < -0.4 is 10.2 Å². The van der Waals surface area contributed by atoms with Gasteiger partial charge in [0.2, 0.25) is 0 Å². The van der Waals surface area contributed by atoms with Gasteiger partial charge in [0, 0.05) is 45.7 Å². The number of piperidine rings is 1. The number of fused-ring (bicyclic) bond motifs is 1. The van der Waals surface area contributed by atoms with Crippen LogP contribution in [0.4, 0.5) is 11.6 Å². The molecule has 26 heavy (non-hydrogen) atoms. The number of thiazole rings is 1. The zero-order valence-corrected chi connectivity index (χ0v) is 16.3. The van der Waals surface area contributed by atoms with E-state index in [1.807, 2.05) is 36.4 Å². The number of nitrogens with zero attached hydrogens (tertiary/aromatic N) is 5. The molecule has 2 aromatic heterocycles. The number of hydrogen-bond acceptors (Lipinski definition) is 8. The van der Waals surface area contributed by atoms with Crippen molar-refractivity contribution >= 4 is 23.0 Å². The molecule has 1 N–H and O–H groups in total. The summed E-state index contributed by atoms with van der Waals surface area (Å²) in [5.41, 5.74) is 1.26. The number of nitrogens with one attached hydrogen (secondary N) is 1. The molecule has 0 bridgehead atoms. The molecule has 0 aromatic carbocycles. The molecule has 0 saturated carbocycles. The van der Waals surface area contributed by atoms with Crippen molar-refractivity contribution in [1.29, 1.82) is 0 Å². The lowest BCUT2D eigenvalue weighted by molar-refractivity contribution is 0.112. The summed E-state index contributed by atoms with van der Waals surface area (Å²) in [5.74, 6) is 1.84. The Morgan fingerprint density at radius 1 is 1.31 bits per heavy atom. The molecule has 2 aliphatic rings. The van der Waals surface area contributed by atoms with E-state index < -0.39 is 0 Å². The van der Waals surface area contributed by atoms with E-state index in [4.69, 9.17) is 9.72 Å². The fourth-order valence-electron chi connectivity index (χ4n) is 3.45. The minimum absolute atomic E-state index is 0.467. The molecule has 4 rings (SSSR count). The van der Waals surface area contributed by atoms with E-state index in [-0.39, 0.29) is 0 Å². The Labute approximate surface area is 158 Å². The van der Waals surface area contributed by atoms with Crippen LogP contribution in [0.2, 0.25) is 0 Å². The highest BCUT2D eigenvalue weighted by Crippen LogP contribution is 2.26. The number of rotatable bonds is 5. The number of ether oxygens (including phenoxy) is 1. The monoisotopic (exact) mass is 374 g/mol. The molecule has 2 aromatic rings. The molecule has 4 heterocycles. The van der Waals surface area contributed by atoms with Gasteiger partial charge in [-0.2, -0.15) is 0 Å². The smallest absolute Gasteiger partial charge is 0.133 e. The molecule has 0 unspecified atom stereocenters. The zero-order chi connectivity index (χ0) is 17.9. The Hall–Kier alpha value is -1.77. The third kappa shape index (κ3) is 4.13. The summed E-state index contributed by atoms with van der Waals surface area (Å²) in [5, 5.41) is 4.80. The fraction of sp³-hybridized carbons (Fsp3) is 0.611. The number of aromatic nitrogens is 3. The van der Waals surface area contributed by atoms with Crippen molar-refractivity contribution in [3.63, 3.8) is 0 Å². The van der Waals surface area contributed by atoms with Crippen molar-refractivity contribution in [3.05, 3.63) is 28.0 Å². The van der Waals surface area contributed by atoms with Gasteiger partial charge >= 0.3 is 0 Å². The van der Waals surface area contributed by atoms with Crippen LogP contribution in [-0.4, -0.2) is 59.7 Å². The first-order valence-corrected chi connectivity index (χ1v) is 10.0. The van der Waals surface area contributed by atoms with Gasteiger partial charge in [0.1, 0.15) is 23.0 Å². The van der Waals surface area contributed by atoms with Gasteiger partial charge in [0.15, 0.2) is 0 Å². The van der Waals surface area contributed by atoms with Crippen molar-refractivity contribution in [2.45, 2.75) is 38.5 Å². The summed E-state index contributed by atoms with van der Waals surface area (Å²) >= 11 is 1.82. The van der Waals surface area contributed by atoms with E-state index in [2.05, 4.69) is 20.2 Å². The SMILES string of the molecule is CN(C)c1cc(NC2CCN(Cc3nc4c(s3)COCC4)CC2)ncn1. The van der Waals surface area contributed by atoms with Crippen molar-refractivity contribution < 1.29 is 4.74 Å². The highest BCUT2D eigenvalue weighted by atomic mass is 32.1. The molecular formula is C18H26N6OS. The fourth-order valence-corrected chi connectivity index (χ4v) is 4.55. The standard InChI is InChI=1S/C18H26N6OS/c1-23(2)17-9-16(19-12-20-17)21-13-3-6-24(7-4-13)10-18-22-14-5-8-25-11-15(14)26-18/h9,12-13H,3-8,10-11H2,1-2H3,(H,19,20,21). The Morgan fingerprint density at radius 3 is 2.92 bits per heavy atom. The van der Waals surface area contributed by atoms with E-state index in [0.717, 1.165) is 63.7 Å². The maximum absolute atomic E-state index is 5.53. The van der Waals surface area contributed by atoms with Crippen LogP contribution in [0.1, 0.15) is 28.4 Å². The van der Waals surface area contributed by atoms with E-state index in [1.54, 1.807) is 6.33 Å². The van der Waals surface area contributed by atoms with Crippen LogP contribution in [0.15, 0.2) is 12.4 Å². The molecule has 0 aliphatic carbocycles. The van der Waals surface area contributed by atoms with Gasteiger partial charge in [-0.3, -0.25) is 4.90 Å². The lowest BCUT2D eigenvalue weighted by Crippen LogP contribution is -2.38. The second-order valence-corrected chi connectivity index (χ2v) is 8.30. The summed E-state index contributed by atoms with van der Waals surface area (Å²) in [4.78, 5) is 19.3. The van der Waals surface area contributed by atoms with Gasteiger partial charge in [-0.1, -0.05) is 0 Å². The van der Waals surface area contributed by atoms with E-state index in [9.17, 15) is 0 Å². The summed E-state index contributed by atoms with van der Waals surface area (Å²) in [6, 6.07) is 2.48. The van der Waals surface area contributed by atoms with E-state index in [0.29, 0.717) is 6.04 Å². The lowest BCUT2D eigenvalue weighted by atomic mass is 10.1. The molecule has 0 amide bonds. The van der Waals surface area contributed by atoms with Crippen molar-refractivity contribution in [3.8, 4) is 0 Å². The average molecular weight is 375 g/mol. The highest BCUT2D eigenvalue weighted by Gasteiger charge is 2.22. The largest absolute Gasteiger partial charge is 0.375 e. The average Bonchev–Trinajstić information content (AvgIpc) is 3.06.